The van der Waals surface area contributed by atoms with Crippen LogP contribution in [0, 0.1) is 0 Å². The lowest BCUT2D eigenvalue weighted by Crippen LogP contribution is -2.39. The summed E-state index contributed by atoms with van der Waals surface area (Å²) in [5.41, 5.74) is 0. The Morgan fingerprint density at radius 3 is 3.27 bits per heavy atom. The van der Waals surface area contributed by atoms with Gasteiger partial charge < -0.3 is 4.74 Å². The van der Waals surface area contributed by atoms with Gasteiger partial charge in [-0.2, -0.15) is 0 Å². The molecule has 2 aliphatic rings. The average molecular weight is 173 g/mol. The highest BCUT2D eigenvalue weighted by Crippen LogP contribution is 2.43. The normalized spacial score (nSPS) is 37.9. The van der Waals surface area contributed by atoms with Crippen LogP contribution in [0.15, 0.2) is 0 Å². The monoisotopic (exact) mass is 173 g/mol. The van der Waals surface area contributed by atoms with Crippen LogP contribution in [0.4, 0.5) is 0 Å². The molecule has 2 nitrogen and oxygen atoms in total. The Labute approximate surface area is 72.3 Å². The molecule has 11 heavy (non-hydrogen) atoms. The molecule has 0 amide bonds. The second kappa shape index (κ2) is 2.96. The van der Waals surface area contributed by atoms with Gasteiger partial charge in [-0.1, -0.05) is 0 Å². The minimum absolute atomic E-state index is 0.384. The Bertz CT molecular complexity index is 141. The highest BCUT2D eigenvalue weighted by Gasteiger charge is 2.44. The molecule has 0 aromatic rings. The van der Waals surface area contributed by atoms with E-state index in [1.807, 2.05) is 7.11 Å². The minimum atomic E-state index is 0.384. The van der Waals surface area contributed by atoms with Crippen LogP contribution in [-0.2, 0) is 4.74 Å². The quantitative estimate of drug-likeness (QED) is 0.622. The molecule has 2 aliphatic heterocycles. The van der Waals surface area contributed by atoms with Crippen LogP contribution in [0.3, 0.4) is 0 Å². The summed E-state index contributed by atoms with van der Waals surface area (Å²) >= 11 is 2.09. The van der Waals surface area contributed by atoms with Crippen molar-refractivity contribution in [3.63, 3.8) is 0 Å². The van der Waals surface area contributed by atoms with Gasteiger partial charge in [-0.15, -0.1) is 11.8 Å². The number of rotatable bonds is 2. The van der Waals surface area contributed by atoms with Crippen LogP contribution >= 0.6 is 11.8 Å². The van der Waals surface area contributed by atoms with Crippen molar-refractivity contribution >= 4 is 11.8 Å². The van der Waals surface area contributed by atoms with Gasteiger partial charge in [0, 0.05) is 19.4 Å². The first-order valence-electron chi connectivity index (χ1n) is 4.25. The van der Waals surface area contributed by atoms with Gasteiger partial charge in [-0.25, -0.2) is 0 Å². The maximum Gasteiger partial charge on any atom is 0.0907 e. The predicted octanol–water partition coefficient (Wildman–Crippen LogP) is 1.17. The van der Waals surface area contributed by atoms with E-state index in [0.717, 1.165) is 6.61 Å². The molecular formula is C8H15NOS. The molecule has 0 bridgehead atoms. The lowest BCUT2D eigenvalue weighted by molar-refractivity contribution is 0.107. The van der Waals surface area contributed by atoms with E-state index in [2.05, 4.69) is 16.7 Å². The van der Waals surface area contributed by atoms with E-state index in [9.17, 15) is 0 Å². The number of nitrogens with zero attached hydrogens (tertiary/aromatic N) is 1. The van der Waals surface area contributed by atoms with E-state index >= 15 is 0 Å². The first-order chi connectivity index (χ1) is 5.37. The van der Waals surface area contributed by atoms with Gasteiger partial charge in [0.25, 0.3) is 0 Å². The zero-order valence-corrected chi connectivity index (χ0v) is 7.82. The summed E-state index contributed by atoms with van der Waals surface area (Å²) in [7, 11) is 1.81. The fraction of sp³-hybridized carbons (Fsp3) is 1.00. The fourth-order valence-corrected chi connectivity index (χ4v) is 3.71. The van der Waals surface area contributed by atoms with E-state index in [4.69, 9.17) is 4.74 Å². The number of methoxy groups -OCH3 is 1. The van der Waals surface area contributed by atoms with E-state index in [1.54, 1.807) is 0 Å². The maximum atomic E-state index is 5.27. The summed E-state index contributed by atoms with van der Waals surface area (Å²) in [6, 6.07) is 0. The molecule has 0 aromatic heterocycles. The van der Waals surface area contributed by atoms with E-state index in [0.29, 0.717) is 4.87 Å². The van der Waals surface area contributed by atoms with Gasteiger partial charge >= 0.3 is 0 Å². The average Bonchev–Trinajstić information content (AvgIpc) is 2.45. The molecule has 2 saturated heterocycles. The predicted molar refractivity (Wildman–Crippen MR) is 47.9 cm³/mol. The molecule has 2 heterocycles. The van der Waals surface area contributed by atoms with E-state index in [1.165, 1.54) is 31.7 Å². The van der Waals surface area contributed by atoms with E-state index < -0.39 is 0 Å². The van der Waals surface area contributed by atoms with Crippen LogP contribution in [0.25, 0.3) is 0 Å². The van der Waals surface area contributed by atoms with Crippen molar-refractivity contribution in [2.75, 3.05) is 32.6 Å². The molecule has 64 valence electrons. The third-order valence-corrected chi connectivity index (χ3v) is 4.18. The van der Waals surface area contributed by atoms with Crippen molar-refractivity contribution in [3.05, 3.63) is 0 Å². The Kier molecular flexibility index (Phi) is 2.12. The van der Waals surface area contributed by atoms with Crippen LogP contribution < -0.4 is 0 Å². The molecule has 2 fully saturated rings. The van der Waals surface area contributed by atoms with Gasteiger partial charge in [0.05, 0.1) is 11.5 Å². The summed E-state index contributed by atoms with van der Waals surface area (Å²) in [6.45, 7) is 3.47. The zero-order chi connectivity index (χ0) is 7.73. The smallest absolute Gasteiger partial charge is 0.0907 e. The van der Waals surface area contributed by atoms with Crippen LogP contribution in [-0.4, -0.2) is 42.3 Å². The second-order valence-electron chi connectivity index (χ2n) is 3.32. The van der Waals surface area contributed by atoms with Gasteiger partial charge in [0.1, 0.15) is 0 Å². The minimum Gasteiger partial charge on any atom is -0.382 e. The van der Waals surface area contributed by atoms with Gasteiger partial charge in [-0.3, -0.25) is 4.90 Å². The highest BCUT2D eigenvalue weighted by atomic mass is 32.2. The molecule has 0 aliphatic carbocycles. The lowest BCUT2D eigenvalue weighted by Gasteiger charge is -2.29. The number of ether oxygens (including phenoxy) is 1. The topological polar surface area (TPSA) is 12.5 Å². The standard InChI is InChI=1S/C8H15NOS/c1-10-7-8-3-2-4-9(8)5-6-11-8/h2-7H2,1H3/t8-/m1/s1. The number of fused-ring (bicyclic) bond motifs is 1. The van der Waals surface area contributed by atoms with Crippen molar-refractivity contribution in [1.82, 2.24) is 4.90 Å². The number of hydrogen-bond donors (Lipinski definition) is 0. The van der Waals surface area contributed by atoms with Crippen molar-refractivity contribution in [1.29, 1.82) is 0 Å². The maximum absolute atomic E-state index is 5.27. The van der Waals surface area contributed by atoms with Crippen LogP contribution in [0.2, 0.25) is 0 Å². The Morgan fingerprint density at radius 2 is 2.45 bits per heavy atom. The number of thioether (sulfide) groups is 1. The summed E-state index contributed by atoms with van der Waals surface area (Å²) in [5.74, 6) is 1.30. The van der Waals surface area contributed by atoms with Gasteiger partial charge in [0.15, 0.2) is 0 Å². The van der Waals surface area contributed by atoms with Gasteiger partial charge in [0.2, 0.25) is 0 Å². The molecule has 0 aromatic carbocycles. The number of hydrogen-bond acceptors (Lipinski definition) is 3. The Hall–Kier alpha value is 0.270. The molecule has 0 N–H and O–H groups in total. The van der Waals surface area contributed by atoms with Crippen LogP contribution in [0.5, 0.6) is 0 Å². The summed E-state index contributed by atoms with van der Waals surface area (Å²) < 4.78 is 5.27. The van der Waals surface area contributed by atoms with E-state index in [-0.39, 0.29) is 0 Å². The molecule has 2 rings (SSSR count). The third kappa shape index (κ3) is 1.19. The van der Waals surface area contributed by atoms with Gasteiger partial charge in [-0.05, 0) is 19.4 Å². The first-order valence-corrected chi connectivity index (χ1v) is 5.24. The molecular weight excluding hydrogens is 158 g/mol. The lowest BCUT2D eigenvalue weighted by atomic mass is 10.2. The molecule has 0 radical (unpaired) electrons. The van der Waals surface area contributed by atoms with Crippen molar-refractivity contribution in [3.8, 4) is 0 Å². The third-order valence-electron chi connectivity index (χ3n) is 2.67. The second-order valence-corrected chi connectivity index (χ2v) is 4.78. The molecule has 0 unspecified atom stereocenters. The van der Waals surface area contributed by atoms with Crippen molar-refractivity contribution < 1.29 is 4.74 Å². The molecule has 0 saturated carbocycles. The van der Waals surface area contributed by atoms with Crippen LogP contribution in [0.1, 0.15) is 12.8 Å². The Balaban J connectivity index is 2.07. The Morgan fingerprint density at radius 1 is 1.55 bits per heavy atom. The first kappa shape index (κ1) is 7.90. The molecule has 0 spiro atoms. The summed E-state index contributed by atoms with van der Waals surface area (Å²) in [5, 5.41) is 0. The highest BCUT2D eigenvalue weighted by molar-refractivity contribution is 8.00. The summed E-state index contributed by atoms with van der Waals surface area (Å²) in [4.78, 5) is 2.97. The SMILES string of the molecule is COC[C@]12CCCN1CCS2. The molecule has 1 atom stereocenters. The zero-order valence-electron chi connectivity index (χ0n) is 7.01. The van der Waals surface area contributed by atoms with Crippen molar-refractivity contribution in [2.45, 2.75) is 17.7 Å². The molecule has 3 heteroatoms. The summed E-state index contributed by atoms with van der Waals surface area (Å²) in [6.07, 6.45) is 2.68. The van der Waals surface area contributed by atoms with Crippen molar-refractivity contribution in [2.24, 2.45) is 0 Å². The fourth-order valence-electron chi connectivity index (χ4n) is 2.16. The largest absolute Gasteiger partial charge is 0.382 e.